The lowest BCUT2D eigenvalue weighted by atomic mass is 10.3. The monoisotopic (exact) mass is 239 g/mol. The molecule has 0 spiro atoms. The van der Waals surface area contributed by atoms with E-state index < -0.39 is 0 Å². The molecule has 4 heteroatoms. The molecule has 0 bridgehead atoms. The van der Waals surface area contributed by atoms with Gasteiger partial charge < -0.3 is 4.74 Å². The summed E-state index contributed by atoms with van der Waals surface area (Å²) in [6, 6.07) is 1.84. The largest absolute Gasteiger partial charge is 0.462 e. The second-order valence-corrected chi connectivity index (χ2v) is 4.56. The molecule has 1 aromatic rings. The molecule has 0 aliphatic rings. The number of carbonyl (C=O) groups excluding carboxylic acids is 1. The molecule has 1 heterocycles. The van der Waals surface area contributed by atoms with Gasteiger partial charge in [0.1, 0.15) is 0 Å². The van der Waals surface area contributed by atoms with Crippen LogP contribution in [0.5, 0.6) is 0 Å². The molecule has 1 aromatic heterocycles. The van der Waals surface area contributed by atoms with Gasteiger partial charge in [0.15, 0.2) is 0 Å². The molecule has 0 unspecified atom stereocenters. The molecule has 0 fully saturated rings. The lowest BCUT2D eigenvalue weighted by molar-refractivity contribution is 0.0504. The van der Waals surface area contributed by atoms with Gasteiger partial charge in [-0.2, -0.15) is 0 Å². The Morgan fingerprint density at radius 1 is 1.38 bits per heavy atom. The molecule has 0 aromatic carbocycles. The molecule has 88 valence electrons. The highest BCUT2D eigenvalue weighted by Gasteiger charge is 2.07. The van der Waals surface area contributed by atoms with Crippen molar-refractivity contribution in [2.75, 3.05) is 12.4 Å². The average molecular weight is 239 g/mol. The van der Waals surface area contributed by atoms with Gasteiger partial charge in [0.25, 0.3) is 0 Å². The van der Waals surface area contributed by atoms with Crippen molar-refractivity contribution in [2.24, 2.45) is 0 Å². The van der Waals surface area contributed by atoms with E-state index in [9.17, 15) is 4.79 Å². The van der Waals surface area contributed by atoms with Crippen molar-refractivity contribution in [2.45, 2.75) is 31.6 Å². The first kappa shape index (κ1) is 13.0. The standard InChI is InChI=1S/C12H17NO2S/c1-3-5-15-12(14)10-7-11(9-13-8-10)16-6-4-2/h7-9H,3-6H2,1-2H3. The second-order valence-electron chi connectivity index (χ2n) is 3.39. The number of nitrogens with zero attached hydrogens (tertiary/aromatic N) is 1. The van der Waals surface area contributed by atoms with Crippen LogP contribution in [0.4, 0.5) is 0 Å². The number of pyridine rings is 1. The van der Waals surface area contributed by atoms with Crippen molar-refractivity contribution in [3.8, 4) is 0 Å². The van der Waals surface area contributed by atoms with Crippen molar-refractivity contribution < 1.29 is 9.53 Å². The maximum Gasteiger partial charge on any atom is 0.339 e. The average Bonchev–Trinajstić information content (AvgIpc) is 2.33. The predicted octanol–water partition coefficient (Wildman–Crippen LogP) is 3.15. The van der Waals surface area contributed by atoms with Gasteiger partial charge in [0.2, 0.25) is 0 Å². The van der Waals surface area contributed by atoms with Crippen LogP contribution in [0.2, 0.25) is 0 Å². The minimum Gasteiger partial charge on any atom is -0.462 e. The normalized spacial score (nSPS) is 10.1. The van der Waals surface area contributed by atoms with E-state index in [0.29, 0.717) is 12.2 Å². The molecule has 16 heavy (non-hydrogen) atoms. The fraction of sp³-hybridized carbons (Fsp3) is 0.500. The van der Waals surface area contributed by atoms with E-state index in [-0.39, 0.29) is 5.97 Å². The summed E-state index contributed by atoms with van der Waals surface area (Å²) in [6.45, 7) is 4.56. The molecule has 0 aliphatic carbocycles. The zero-order chi connectivity index (χ0) is 11.8. The van der Waals surface area contributed by atoms with Crippen LogP contribution in [0.25, 0.3) is 0 Å². The minimum absolute atomic E-state index is 0.284. The molecular weight excluding hydrogens is 222 g/mol. The first-order valence-electron chi connectivity index (χ1n) is 5.53. The molecule has 0 radical (unpaired) electrons. The van der Waals surface area contributed by atoms with Crippen LogP contribution in [-0.2, 0) is 4.74 Å². The maximum absolute atomic E-state index is 11.6. The van der Waals surface area contributed by atoms with Crippen LogP contribution >= 0.6 is 11.8 Å². The van der Waals surface area contributed by atoms with E-state index >= 15 is 0 Å². The molecule has 0 saturated carbocycles. The van der Waals surface area contributed by atoms with E-state index in [4.69, 9.17) is 4.74 Å². The molecule has 0 N–H and O–H groups in total. The Balaban J connectivity index is 2.62. The van der Waals surface area contributed by atoms with Gasteiger partial charge in [-0.15, -0.1) is 11.8 Å². The molecule has 0 atom stereocenters. The van der Waals surface area contributed by atoms with E-state index in [2.05, 4.69) is 11.9 Å². The van der Waals surface area contributed by atoms with Gasteiger partial charge in [-0.1, -0.05) is 13.8 Å². The SMILES string of the molecule is CCCOC(=O)c1cncc(SCCC)c1. The zero-order valence-electron chi connectivity index (χ0n) is 9.73. The predicted molar refractivity (Wildman–Crippen MR) is 65.8 cm³/mol. The number of hydrogen-bond donors (Lipinski definition) is 0. The summed E-state index contributed by atoms with van der Waals surface area (Å²) < 4.78 is 5.05. The van der Waals surface area contributed by atoms with Crippen LogP contribution in [0.15, 0.2) is 23.4 Å². The number of rotatable bonds is 6. The van der Waals surface area contributed by atoms with E-state index in [1.807, 2.05) is 13.0 Å². The molecule has 3 nitrogen and oxygen atoms in total. The van der Waals surface area contributed by atoms with Gasteiger partial charge in [0.05, 0.1) is 12.2 Å². The highest BCUT2D eigenvalue weighted by Crippen LogP contribution is 2.18. The highest BCUT2D eigenvalue weighted by molar-refractivity contribution is 7.99. The zero-order valence-corrected chi connectivity index (χ0v) is 10.5. The third-order valence-corrected chi connectivity index (χ3v) is 3.03. The Bertz CT molecular complexity index is 342. The van der Waals surface area contributed by atoms with Crippen LogP contribution < -0.4 is 0 Å². The molecule has 0 aliphatic heterocycles. The van der Waals surface area contributed by atoms with E-state index in [0.717, 1.165) is 23.5 Å². The molecule has 1 rings (SSSR count). The Labute approximate surface area is 101 Å². The quantitative estimate of drug-likeness (QED) is 0.564. The van der Waals surface area contributed by atoms with Gasteiger partial charge in [0, 0.05) is 17.3 Å². The first-order valence-corrected chi connectivity index (χ1v) is 6.51. The maximum atomic E-state index is 11.6. The Hall–Kier alpha value is -1.03. The first-order chi connectivity index (χ1) is 7.77. The Morgan fingerprint density at radius 2 is 2.19 bits per heavy atom. The summed E-state index contributed by atoms with van der Waals surface area (Å²) in [5.74, 6) is 0.753. The number of esters is 1. The number of ether oxygens (including phenoxy) is 1. The third kappa shape index (κ3) is 4.23. The van der Waals surface area contributed by atoms with Crippen molar-refractivity contribution in [1.29, 1.82) is 0 Å². The van der Waals surface area contributed by atoms with Gasteiger partial charge in [-0.25, -0.2) is 4.79 Å². The fourth-order valence-electron chi connectivity index (χ4n) is 1.11. The van der Waals surface area contributed by atoms with Crippen molar-refractivity contribution >= 4 is 17.7 Å². The van der Waals surface area contributed by atoms with Crippen LogP contribution in [0, 0.1) is 0 Å². The van der Waals surface area contributed by atoms with Crippen molar-refractivity contribution in [1.82, 2.24) is 4.98 Å². The molecule has 0 saturated heterocycles. The van der Waals surface area contributed by atoms with E-state index in [1.165, 1.54) is 0 Å². The van der Waals surface area contributed by atoms with Crippen LogP contribution in [-0.4, -0.2) is 23.3 Å². The summed E-state index contributed by atoms with van der Waals surface area (Å²) in [5.41, 5.74) is 0.537. The van der Waals surface area contributed by atoms with Crippen LogP contribution in [0.1, 0.15) is 37.0 Å². The van der Waals surface area contributed by atoms with Gasteiger partial charge in [-0.05, 0) is 24.7 Å². The lowest BCUT2D eigenvalue weighted by Crippen LogP contribution is -2.06. The number of hydrogen-bond acceptors (Lipinski definition) is 4. The summed E-state index contributed by atoms with van der Waals surface area (Å²) >= 11 is 1.71. The Kier molecular flexibility index (Phi) is 5.93. The topological polar surface area (TPSA) is 39.2 Å². The number of aromatic nitrogens is 1. The molecular formula is C12H17NO2S. The van der Waals surface area contributed by atoms with Gasteiger partial charge >= 0.3 is 5.97 Å². The fourth-order valence-corrected chi connectivity index (χ4v) is 1.89. The summed E-state index contributed by atoms with van der Waals surface area (Å²) in [6.07, 6.45) is 5.27. The van der Waals surface area contributed by atoms with E-state index in [1.54, 1.807) is 24.2 Å². The lowest BCUT2D eigenvalue weighted by Gasteiger charge is -2.04. The minimum atomic E-state index is -0.284. The number of thioether (sulfide) groups is 1. The second kappa shape index (κ2) is 7.28. The summed E-state index contributed by atoms with van der Waals surface area (Å²) in [4.78, 5) is 16.6. The van der Waals surface area contributed by atoms with Crippen molar-refractivity contribution in [3.63, 3.8) is 0 Å². The summed E-state index contributed by atoms with van der Waals surface area (Å²) in [7, 11) is 0. The van der Waals surface area contributed by atoms with Gasteiger partial charge in [-0.3, -0.25) is 4.98 Å². The number of carbonyl (C=O) groups is 1. The highest BCUT2D eigenvalue weighted by atomic mass is 32.2. The Morgan fingerprint density at radius 3 is 2.88 bits per heavy atom. The smallest absolute Gasteiger partial charge is 0.339 e. The van der Waals surface area contributed by atoms with Crippen LogP contribution in [0.3, 0.4) is 0 Å². The third-order valence-electron chi connectivity index (χ3n) is 1.86. The molecule has 0 amide bonds. The summed E-state index contributed by atoms with van der Waals surface area (Å²) in [5, 5.41) is 0. The van der Waals surface area contributed by atoms with Crippen molar-refractivity contribution in [3.05, 3.63) is 24.0 Å².